The maximum atomic E-state index is 11.0. The second-order valence-electron chi connectivity index (χ2n) is 4.91. The van der Waals surface area contributed by atoms with E-state index in [4.69, 9.17) is 0 Å². The Labute approximate surface area is 118 Å². The highest BCUT2D eigenvalue weighted by molar-refractivity contribution is 5.41. The lowest BCUT2D eigenvalue weighted by molar-refractivity contribution is -0.385. The average Bonchev–Trinajstić information content (AvgIpc) is 2.45. The van der Waals surface area contributed by atoms with Gasteiger partial charge in [-0.1, -0.05) is 48.0 Å². The lowest BCUT2D eigenvalue weighted by Crippen LogP contribution is -2.19. The standard InChI is InChI=1S/C16H18N2O2/c1-12-6-5-7-14(10-12)11-17-13(2)15-8-3-4-9-16(15)18(19)20/h3-10,13,17H,11H2,1-2H3. The van der Waals surface area contributed by atoms with Gasteiger partial charge in [0, 0.05) is 24.2 Å². The third kappa shape index (κ3) is 3.42. The molecule has 104 valence electrons. The molecule has 0 radical (unpaired) electrons. The molecule has 0 aliphatic heterocycles. The topological polar surface area (TPSA) is 55.2 Å². The number of aryl methyl sites for hydroxylation is 1. The minimum absolute atomic E-state index is 0.0721. The zero-order valence-corrected chi connectivity index (χ0v) is 11.7. The minimum atomic E-state index is -0.333. The summed E-state index contributed by atoms with van der Waals surface area (Å²) in [5, 5.41) is 14.4. The third-order valence-corrected chi connectivity index (χ3v) is 3.29. The molecule has 4 nitrogen and oxygen atoms in total. The number of rotatable bonds is 5. The van der Waals surface area contributed by atoms with E-state index in [1.165, 1.54) is 11.1 Å². The molecule has 1 unspecified atom stereocenters. The number of nitro groups is 1. The first-order chi connectivity index (χ1) is 9.58. The molecule has 2 aromatic carbocycles. The summed E-state index contributed by atoms with van der Waals surface area (Å²) < 4.78 is 0. The van der Waals surface area contributed by atoms with E-state index in [0.29, 0.717) is 12.1 Å². The van der Waals surface area contributed by atoms with Crippen molar-refractivity contribution in [2.75, 3.05) is 0 Å². The van der Waals surface area contributed by atoms with Crippen molar-refractivity contribution in [3.63, 3.8) is 0 Å². The van der Waals surface area contributed by atoms with E-state index in [2.05, 4.69) is 24.4 Å². The molecule has 0 aliphatic carbocycles. The first kappa shape index (κ1) is 14.2. The maximum absolute atomic E-state index is 11.0. The summed E-state index contributed by atoms with van der Waals surface area (Å²) in [6.45, 7) is 4.68. The van der Waals surface area contributed by atoms with Crippen molar-refractivity contribution in [1.82, 2.24) is 5.32 Å². The Morgan fingerprint density at radius 3 is 2.65 bits per heavy atom. The van der Waals surface area contributed by atoms with Gasteiger partial charge in [-0.2, -0.15) is 0 Å². The first-order valence-electron chi connectivity index (χ1n) is 6.60. The molecule has 1 atom stereocenters. The molecule has 2 aromatic rings. The van der Waals surface area contributed by atoms with Crippen molar-refractivity contribution in [1.29, 1.82) is 0 Å². The Bertz CT molecular complexity index is 611. The van der Waals surface area contributed by atoms with Crippen molar-refractivity contribution >= 4 is 5.69 Å². The van der Waals surface area contributed by atoms with Gasteiger partial charge in [0.05, 0.1) is 4.92 Å². The third-order valence-electron chi connectivity index (χ3n) is 3.29. The van der Waals surface area contributed by atoms with E-state index >= 15 is 0 Å². The fraction of sp³-hybridized carbons (Fsp3) is 0.250. The van der Waals surface area contributed by atoms with Crippen LogP contribution >= 0.6 is 0 Å². The number of hydrogen-bond donors (Lipinski definition) is 1. The lowest BCUT2D eigenvalue weighted by Gasteiger charge is -2.14. The van der Waals surface area contributed by atoms with Gasteiger partial charge in [0.2, 0.25) is 0 Å². The monoisotopic (exact) mass is 270 g/mol. The highest BCUT2D eigenvalue weighted by Crippen LogP contribution is 2.24. The van der Waals surface area contributed by atoms with E-state index in [-0.39, 0.29) is 16.7 Å². The predicted molar refractivity (Wildman–Crippen MR) is 79.5 cm³/mol. The summed E-state index contributed by atoms with van der Waals surface area (Å²) in [5.41, 5.74) is 3.26. The highest BCUT2D eigenvalue weighted by Gasteiger charge is 2.17. The first-order valence-corrected chi connectivity index (χ1v) is 6.60. The van der Waals surface area contributed by atoms with E-state index in [9.17, 15) is 10.1 Å². The van der Waals surface area contributed by atoms with Crippen molar-refractivity contribution in [2.24, 2.45) is 0 Å². The molecule has 0 saturated heterocycles. The Morgan fingerprint density at radius 2 is 1.95 bits per heavy atom. The summed E-state index contributed by atoms with van der Waals surface area (Å²) in [4.78, 5) is 10.7. The molecule has 0 fully saturated rings. The lowest BCUT2D eigenvalue weighted by atomic mass is 10.1. The highest BCUT2D eigenvalue weighted by atomic mass is 16.6. The van der Waals surface area contributed by atoms with E-state index in [0.717, 1.165) is 0 Å². The molecule has 0 spiro atoms. The average molecular weight is 270 g/mol. The van der Waals surface area contributed by atoms with Gasteiger partial charge in [-0.05, 0) is 19.4 Å². The molecule has 0 aromatic heterocycles. The quantitative estimate of drug-likeness (QED) is 0.665. The zero-order valence-electron chi connectivity index (χ0n) is 11.7. The maximum Gasteiger partial charge on any atom is 0.274 e. The van der Waals surface area contributed by atoms with Gasteiger partial charge in [0.25, 0.3) is 5.69 Å². The minimum Gasteiger partial charge on any atom is -0.306 e. The van der Waals surface area contributed by atoms with Gasteiger partial charge < -0.3 is 5.32 Å². The number of para-hydroxylation sites is 1. The van der Waals surface area contributed by atoms with Crippen molar-refractivity contribution in [2.45, 2.75) is 26.4 Å². The molecule has 4 heteroatoms. The van der Waals surface area contributed by atoms with Crippen molar-refractivity contribution in [3.05, 3.63) is 75.3 Å². The van der Waals surface area contributed by atoms with E-state index < -0.39 is 0 Å². The molecule has 2 rings (SSSR count). The molecule has 0 amide bonds. The number of benzene rings is 2. The number of nitro benzene ring substituents is 1. The molecule has 0 heterocycles. The van der Waals surface area contributed by atoms with Gasteiger partial charge >= 0.3 is 0 Å². The second-order valence-corrected chi connectivity index (χ2v) is 4.91. The fourth-order valence-corrected chi connectivity index (χ4v) is 2.22. The van der Waals surface area contributed by atoms with Gasteiger partial charge in [-0.3, -0.25) is 10.1 Å². The van der Waals surface area contributed by atoms with Gasteiger partial charge in [0.15, 0.2) is 0 Å². The number of nitrogens with zero attached hydrogens (tertiary/aromatic N) is 1. The van der Waals surface area contributed by atoms with Crippen LogP contribution in [0.5, 0.6) is 0 Å². The normalized spacial score (nSPS) is 12.1. The van der Waals surface area contributed by atoms with Gasteiger partial charge in [-0.15, -0.1) is 0 Å². The van der Waals surface area contributed by atoms with Crippen LogP contribution in [0.2, 0.25) is 0 Å². The number of hydrogen-bond acceptors (Lipinski definition) is 3. The van der Waals surface area contributed by atoms with Crippen LogP contribution in [-0.4, -0.2) is 4.92 Å². The zero-order chi connectivity index (χ0) is 14.5. The molecular formula is C16H18N2O2. The van der Waals surface area contributed by atoms with Crippen molar-refractivity contribution in [3.8, 4) is 0 Å². The Hall–Kier alpha value is -2.20. The van der Waals surface area contributed by atoms with Crippen LogP contribution in [0.15, 0.2) is 48.5 Å². The molecule has 20 heavy (non-hydrogen) atoms. The van der Waals surface area contributed by atoms with Crippen LogP contribution in [0.3, 0.4) is 0 Å². The molecule has 0 saturated carbocycles. The largest absolute Gasteiger partial charge is 0.306 e. The summed E-state index contributed by atoms with van der Waals surface area (Å²) in [6.07, 6.45) is 0. The van der Waals surface area contributed by atoms with Crippen LogP contribution in [-0.2, 0) is 6.54 Å². The van der Waals surface area contributed by atoms with Crippen LogP contribution < -0.4 is 5.32 Å². The molecule has 0 bridgehead atoms. The SMILES string of the molecule is Cc1cccc(CNC(C)c2ccccc2[N+](=O)[O-])c1. The van der Waals surface area contributed by atoms with Crippen LogP contribution in [0.1, 0.15) is 29.7 Å². The van der Waals surface area contributed by atoms with Crippen LogP contribution in [0.4, 0.5) is 5.69 Å². The van der Waals surface area contributed by atoms with Gasteiger partial charge in [0.1, 0.15) is 0 Å². The van der Waals surface area contributed by atoms with Crippen LogP contribution in [0.25, 0.3) is 0 Å². The predicted octanol–water partition coefficient (Wildman–Crippen LogP) is 3.75. The molecule has 0 aliphatic rings. The molecular weight excluding hydrogens is 252 g/mol. The fourth-order valence-electron chi connectivity index (χ4n) is 2.22. The van der Waals surface area contributed by atoms with Crippen LogP contribution in [0, 0.1) is 17.0 Å². The van der Waals surface area contributed by atoms with E-state index in [1.807, 2.05) is 25.1 Å². The Kier molecular flexibility index (Phi) is 4.48. The number of nitrogens with one attached hydrogen (secondary N) is 1. The Balaban J connectivity index is 2.09. The summed E-state index contributed by atoms with van der Waals surface area (Å²) in [7, 11) is 0. The Morgan fingerprint density at radius 1 is 1.20 bits per heavy atom. The summed E-state index contributed by atoms with van der Waals surface area (Å²) >= 11 is 0. The second kappa shape index (κ2) is 6.30. The summed E-state index contributed by atoms with van der Waals surface area (Å²) in [5.74, 6) is 0. The summed E-state index contributed by atoms with van der Waals surface area (Å²) in [6, 6.07) is 15.0. The smallest absolute Gasteiger partial charge is 0.274 e. The van der Waals surface area contributed by atoms with Gasteiger partial charge in [-0.25, -0.2) is 0 Å². The molecule has 1 N–H and O–H groups in total. The van der Waals surface area contributed by atoms with Crippen molar-refractivity contribution < 1.29 is 4.92 Å². The van der Waals surface area contributed by atoms with E-state index in [1.54, 1.807) is 18.2 Å².